The van der Waals surface area contributed by atoms with Gasteiger partial charge in [-0.3, -0.25) is 5.32 Å². The number of carbonyl (C=O) groups excluding carboxylic acids is 1. The number of amides is 2. The molecule has 7 heteroatoms. The van der Waals surface area contributed by atoms with E-state index in [-0.39, 0.29) is 6.03 Å². The van der Waals surface area contributed by atoms with Crippen molar-refractivity contribution in [3.05, 3.63) is 29.3 Å². The standard InChI is InChI=1S/C18H25N5OS/c1-12-9-10-15(13(2)11-12)19-16(24)20-17-21-22-18(25-17)23(3)14-7-5-4-6-8-14/h9-11,14H,4-8H2,1-3H3,(H2,19,20,21,24). The number of aryl methyl sites for hydroxylation is 2. The van der Waals surface area contributed by atoms with Crippen LogP contribution in [0.2, 0.25) is 0 Å². The Morgan fingerprint density at radius 3 is 2.64 bits per heavy atom. The van der Waals surface area contributed by atoms with Gasteiger partial charge in [0.25, 0.3) is 0 Å². The van der Waals surface area contributed by atoms with Crippen molar-refractivity contribution >= 4 is 33.3 Å². The molecule has 134 valence electrons. The molecule has 1 heterocycles. The van der Waals surface area contributed by atoms with Crippen LogP contribution in [0.4, 0.5) is 20.7 Å². The molecular formula is C18H25N5OS. The monoisotopic (exact) mass is 359 g/mol. The number of nitrogens with zero attached hydrogens (tertiary/aromatic N) is 3. The molecule has 0 spiro atoms. The number of nitrogens with one attached hydrogen (secondary N) is 2. The topological polar surface area (TPSA) is 70.1 Å². The minimum atomic E-state index is -0.296. The molecule has 1 aromatic heterocycles. The first kappa shape index (κ1) is 17.7. The lowest BCUT2D eigenvalue weighted by Gasteiger charge is -2.30. The van der Waals surface area contributed by atoms with Gasteiger partial charge in [0.1, 0.15) is 0 Å². The van der Waals surface area contributed by atoms with Crippen molar-refractivity contribution in [2.75, 3.05) is 22.6 Å². The molecule has 2 aromatic rings. The third-order valence-corrected chi connectivity index (χ3v) is 5.62. The molecule has 0 unspecified atom stereocenters. The Balaban J connectivity index is 1.59. The first-order chi connectivity index (χ1) is 12.0. The predicted molar refractivity (Wildman–Crippen MR) is 104 cm³/mol. The number of hydrogen-bond donors (Lipinski definition) is 2. The Bertz CT molecular complexity index is 739. The fraction of sp³-hybridized carbons (Fsp3) is 0.500. The maximum absolute atomic E-state index is 12.2. The summed E-state index contributed by atoms with van der Waals surface area (Å²) in [6.45, 7) is 4.01. The van der Waals surface area contributed by atoms with Crippen molar-refractivity contribution in [3.63, 3.8) is 0 Å². The normalized spacial score (nSPS) is 15.0. The van der Waals surface area contributed by atoms with Gasteiger partial charge in [-0.2, -0.15) is 0 Å². The van der Waals surface area contributed by atoms with Crippen LogP contribution in [-0.2, 0) is 0 Å². The van der Waals surface area contributed by atoms with Crippen molar-refractivity contribution in [2.24, 2.45) is 0 Å². The van der Waals surface area contributed by atoms with Crippen LogP contribution in [0.3, 0.4) is 0 Å². The molecule has 0 aliphatic heterocycles. The highest BCUT2D eigenvalue weighted by molar-refractivity contribution is 7.19. The summed E-state index contributed by atoms with van der Waals surface area (Å²) in [5, 5.41) is 15.3. The van der Waals surface area contributed by atoms with E-state index in [4.69, 9.17) is 0 Å². The molecular weight excluding hydrogens is 334 g/mol. The zero-order valence-corrected chi connectivity index (χ0v) is 15.8. The maximum Gasteiger partial charge on any atom is 0.325 e. The highest BCUT2D eigenvalue weighted by Crippen LogP contribution is 2.29. The van der Waals surface area contributed by atoms with Crippen LogP contribution in [0.25, 0.3) is 0 Å². The average Bonchev–Trinajstić information content (AvgIpc) is 3.06. The Hall–Kier alpha value is -2.15. The Morgan fingerprint density at radius 1 is 1.16 bits per heavy atom. The van der Waals surface area contributed by atoms with Crippen LogP contribution in [0.1, 0.15) is 43.2 Å². The summed E-state index contributed by atoms with van der Waals surface area (Å²) in [4.78, 5) is 14.4. The lowest BCUT2D eigenvalue weighted by Crippen LogP contribution is -2.33. The average molecular weight is 359 g/mol. The number of benzene rings is 1. The summed E-state index contributed by atoms with van der Waals surface area (Å²) in [6.07, 6.45) is 6.28. The number of aromatic nitrogens is 2. The molecule has 2 amide bonds. The first-order valence-electron chi connectivity index (χ1n) is 8.74. The van der Waals surface area contributed by atoms with Crippen LogP contribution >= 0.6 is 11.3 Å². The highest BCUT2D eigenvalue weighted by atomic mass is 32.1. The van der Waals surface area contributed by atoms with E-state index in [9.17, 15) is 4.79 Å². The van der Waals surface area contributed by atoms with E-state index in [0.29, 0.717) is 11.2 Å². The molecule has 2 N–H and O–H groups in total. The Kier molecular flexibility index (Phi) is 5.53. The second-order valence-corrected chi connectivity index (χ2v) is 7.65. The summed E-state index contributed by atoms with van der Waals surface area (Å²) in [7, 11) is 2.07. The second kappa shape index (κ2) is 7.82. The van der Waals surface area contributed by atoms with Gasteiger partial charge in [0.05, 0.1) is 0 Å². The van der Waals surface area contributed by atoms with Gasteiger partial charge in [0.15, 0.2) is 0 Å². The van der Waals surface area contributed by atoms with Gasteiger partial charge < -0.3 is 10.2 Å². The van der Waals surface area contributed by atoms with E-state index in [0.717, 1.165) is 16.4 Å². The quantitative estimate of drug-likeness (QED) is 0.839. The van der Waals surface area contributed by atoms with Gasteiger partial charge >= 0.3 is 6.03 Å². The molecule has 0 radical (unpaired) electrons. The SMILES string of the molecule is Cc1ccc(NC(=O)Nc2nnc(N(C)C3CCCCC3)s2)c(C)c1. The number of hydrogen-bond acceptors (Lipinski definition) is 5. The van der Waals surface area contributed by atoms with E-state index in [2.05, 4.69) is 32.8 Å². The van der Waals surface area contributed by atoms with Crippen molar-refractivity contribution in [3.8, 4) is 0 Å². The lowest BCUT2D eigenvalue weighted by molar-refractivity contribution is 0.262. The predicted octanol–water partition coefficient (Wildman–Crippen LogP) is 4.57. The molecule has 1 saturated carbocycles. The van der Waals surface area contributed by atoms with E-state index >= 15 is 0 Å². The molecule has 0 saturated heterocycles. The van der Waals surface area contributed by atoms with Crippen LogP contribution < -0.4 is 15.5 Å². The van der Waals surface area contributed by atoms with Gasteiger partial charge in [-0.05, 0) is 38.3 Å². The summed E-state index contributed by atoms with van der Waals surface area (Å²) < 4.78 is 0. The van der Waals surface area contributed by atoms with Crippen LogP contribution in [0, 0.1) is 13.8 Å². The van der Waals surface area contributed by atoms with E-state index in [1.54, 1.807) is 0 Å². The third kappa shape index (κ3) is 4.48. The van der Waals surface area contributed by atoms with Crippen molar-refractivity contribution < 1.29 is 4.79 Å². The number of anilines is 3. The summed E-state index contributed by atoms with van der Waals surface area (Å²) in [5.74, 6) is 0. The van der Waals surface area contributed by atoms with E-state index in [1.807, 2.05) is 32.0 Å². The lowest BCUT2D eigenvalue weighted by atomic mass is 9.95. The van der Waals surface area contributed by atoms with Crippen LogP contribution in [-0.4, -0.2) is 29.3 Å². The molecule has 25 heavy (non-hydrogen) atoms. The number of carbonyl (C=O) groups is 1. The molecule has 3 rings (SSSR count). The van der Waals surface area contributed by atoms with Gasteiger partial charge in [-0.25, -0.2) is 4.79 Å². The van der Waals surface area contributed by atoms with Crippen LogP contribution in [0.5, 0.6) is 0 Å². The molecule has 0 atom stereocenters. The zero-order valence-electron chi connectivity index (χ0n) is 15.0. The first-order valence-corrected chi connectivity index (χ1v) is 9.56. The fourth-order valence-corrected chi connectivity index (χ4v) is 4.01. The minimum absolute atomic E-state index is 0.296. The fourth-order valence-electron chi connectivity index (χ4n) is 3.24. The van der Waals surface area contributed by atoms with Crippen molar-refractivity contribution in [1.29, 1.82) is 0 Å². The minimum Gasteiger partial charge on any atom is -0.347 e. The zero-order chi connectivity index (χ0) is 17.8. The largest absolute Gasteiger partial charge is 0.347 e. The summed E-state index contributed by atoms with van der Waals surface area (Å²) >= 11 is 1.41. The van der Waals surface area contributed by atoms with Crippen molar-refractivity contribution in [2.45, 2.75) is 52.0 Å². The number of rotatable bonds is 4. The Morgan fingerprint density at radius 2 is 1.92 bits per heavy atom. The molecule has 0 bridgehead atoms. The molecule has 1 aliphatic rings. The second-order valence-electron chi connectivity index (χ2n) is 6.69. The third-order valence-electron chi connectivity index (χ3n) is 4.69. The Labute approximate surface area is 152 Å². The van der Waals surface area contributed by atoms with E-state index < -0.39 is 0 Å². The van der Waals surface area contributed by atoms with Crippen LogP contribution in [0.15, 0.2) is 18.2 Å². The maximum atomic E-state index is 12.2. The number of urea groups is 1. The van der Waals surface area contributed by atoms with E-state index in [1.165, 1.54) is 49.0 Å². The molecule has 1 fully saturated rings. The smallest absolute Gasteiger partial charge is 0.325 e. The van der Waals surface area contributed by atoms with Gasteiger partial charge in [0, 0.05) is 18.8 Å². The highest BCUT2D eigenvalue weighted by Gasteiger charge is 2.21. The van der Waals surface area contributed by atoms with Gasteiger partial charge in [-0.15, -0.1) is 10.2 Å². The molecule has 6 nitrogen and oxygen atoms in total. The molecule has 1 aliphatic carbocycles. The van der Waals surface area contributed by atoms with Crippen molar-refractivity contribution in [1.82, 2.24) is 10.2 Å². The van der Waals surface area contributed by atoms with Gasteiger partial charge in [0.2, 0.25) is 10.3 Å². The molecule has 1 aromatic carbocycles. The summed E-state index contributed by atoms with van der Waals surface area (Å²) in [6, 6.07) is 6.16. The van der Waals surface area contributed by atoms with Gasteiger partial charge in [-0.1, -0.05) is 48.3 Å². The summed E-state index contributed by atoms with van der Waals surface area (Å²) in [5.41, 5.74) is 3.00.